The van der Waals surface area contributed by atoms with E-state index in [1.807, 2.05) is 12.1 Å². The van der Waals surface area contributed by atoms with Crippen molar-refractivity contribution in [2.24, 2.45) is 0 Å². The Labute approximate surface area is 99.8 Å². The Balaban J connectivity index is 2.95. The van der Waals surface area contributed by atoms with Crippen LogP contribution in [0.1, 0.15) is 38.8 Å². The third-order valence-corrected chi connectivity index (χ3v) is 2.80. The van der Waals surface area contributed by atoms with Crippen LogP contribution in [-0.2, 0) is 0 Å². The highest BCUT2D eigenvalue weighted by atomic mass is 79.9. The van der Waals surface area contributed by atoms with Gasteiger partial charge >= 0.3 is 0 Å². The van der Waals surface area contributed by atoms with Gasteiger partial charge in [-0.2, -0.15) is 0 Å². The van der Waals surface area contributed by atoms with Gasteiger partial charge in [-0.15, -0.1) is 0 Å². The average molecular weight is 272 g/mol. The van der Waals surface area contributed by atoms with Crippen LogP contribution < -0.4 is 5.32 Å². The summed E-state index contributed by atoms with van der Waals surface area (Å²) in [7, 11) is 0. The van der Waals surface area contributed by atoms with E-state index in [0.717, 1.165) is 16.5 Å². The van der Waals surface area contributed by atoms with Gasteiger partial charge in [0.1, 0.15) is 5.75 Å². The summed E-state index contributed by atoms with van der Waals surface area (Å²) in [5.74, 6) is 0.359. The number of aromatic hydroxyl groups is 1. The van der Waals surface area contributed by atoms with Crippen LogP contribution in [-0.4, -0.2) is 11.1 Å². The van der Waals surface area contributed by atoms with Crippen LogP contribution in [0.3, 0.4) is 0 Å². The largest absolute Gasteiger partial charge is 0.508 e. The van der Waals surface area contributed by atoms with E-state index < -0.39 is 0 Å². The van der Waals surface area contributed by atoms with Gasteiger partial charge in [0.05, 0.1) is 0 Å². The Hall–Kier alpha value is -0.540. The molecule has 0 spiro atoms. The summed E-state index contributed by atoms with van der Waals surface area (Å²) in [5, 5.41) is 13.2. The van der Waals surface area contributed by atoms with Gasteiger partial charge in [0, 0.05) is 22.1 Å². The Morgan fingerprint density at radius 1 is 1.40 bits per heavy atom. The maximum Gasteiger partial charge on any atom is 0.120 e. The molecule has 0 heterocycles. The summed E-state index contributed by atoms with van der Waals surface area (Å²) >= 11 is 3.42. The normalized spacial score (nSPS) is 13.1. The number of benzene rings is 1. The molecule has 1 atom stereocenters. The molecular formula is C12H18BrNO. The molecule has 2 nitrogen and oxygen atoms in total. The molecule has 1 aromatic carbocycles. The fraction of sp³-hybridized carbons (Fsp3) is 0.500. The van der Waals surface area contributed by atoms with E-state index in [0.29, 0.717) is 11.8 Å². The number of halogens is 1. The first-order chi connectivity index (χ1) is 7.04. The highest BCUT2D eigenvalue weighted by Gasteiger charge is 2.14. The number of hydrogen-bond donors (Lipinski definition) is 2. The van der Waals surface area contributed by atoms with Crippen LogP contribution in [0, 0.1) is 0 Å². The molecule has 1 rings (SSSR count). The molecular weight excluding hydrogens is 254 g/mol. The van der Waals surface area contributed by atoms with Gasteiger partial charge in [0.2, 0.25) is 0 Å². The third-order valence-electron chi connectivity index (χ3n) is 2.31. The summed E-state index contributed by atoms with van der Waals surface area (Å²) in [6.45, 7) is 6.33. The lowest BCUT2D eigenvalue weighted by atomic mass is 10.0. The molecule has 0 radical (unpaired) electrons. The molecule has 0 aliphatic rings. The summed E-state index contributed by atoms with van der Waals surface area (Å²) in [4.78, 5) is 0. The second-order valence-electron chi connectivity index (χ2n) is 3.99. The topological polar surface area (TPSA) is 32.3 Å². The molecule has 0 amide bonds. The molecule has 0 bridgehead atoms. The van der Waals surface area contributed by atoms with Crippen LogP contribution >= 0.6 is 15.9 Å². The lowest BCUT2D eigenvalue weighted by Gasteiger charge is -2.21. The molecule has 2 N–H and O–H groups in total. The number of phenolic OH excluding ortho intramolecular Hbond substituents is 1. The minimum Gasteiger partial charge on any atom is -0.508 e. The molecule has 0 fully saturated rings. The molecule has 1 unspecified atom stereocenters. The standard InChI is InChI=1S/C12H18BrNO/c1-4-11(14-8(2)3)10-7-9(13)5-6-12(10)15/h5-8,11,14-15H,4H2,1-3H3. The first-order valence-corrected chi connectivity index (χ1v) is 6.08. The Morgan fingerprint density at radius 2 is 2.07 bits per heavy atom. The molecule has 0 aliphatic heterocycles. The van der Waals surface area contributed by atoms with Crippen molar-refractivity contribution >= 4 is 15.9 Å². The van der Waals surface area contributed by atoms with Crippen molar-refractivity contribution in [3.8, 4) is 5.75 Å². The van der Waals surface area contributed by atoms with Crippen LogP contribution in [0.2, 0.25) is 0 Å². The quantitative estimate of drug-likeness (QED) is 0.877. The van der Waals surface area contributed by atoms with E-state index in [1.165, 1.54) is 0 Å². The minimum atomic E-state index is 0.211. The lowest BCUT2D eigenvalue weighted by Crippen LogP contribution is -2.27. The summed E-state index contributed by atoms with van der Waals surface area (Å²) in [6, 6.07) is 6.17. The molecule has 15 heavy (non-hydrogen) atoms. The molecule has 84 valence electrons. The fourth-order valence-electron chi connectivity index (χ4n) is 1.63. The van der Waals surface area contributed by atoms with Crippen LogP contribution in [0.4, 0.5) is 0 Å². The van der Waals surface area contributed by atoms with E-state index in [1.54, 1.807) is 6.07 Å². The SMILES string of the molecule is CCC(NC(C)C)c1cc(Br)ccc1O. The summed E-state index contributed by atoms with van der Waals surface area (Å²) in [5.41, 5.74) is 0.959. The van der Waals surface area contributed by atoms with E-state index in [-0.39, 0.29) is 6.04 Å². The van der Waals surface area contributed by atoms with E-state index >= 15 is 0 Å². The van der Waals surface area contributed by atoms with Gasteiger partial charge < -0.3 is 10.4 Å². The second kappa shape index (κ2) is 5.52. The monoisotopic (exact) mass is 271 g/mol. The van der Waals surface area contributed by atoms with Gasteiger partial charge in [-0.05, 0) is 24.6 Å². The van der Waals surface area contributed by atoms with Crippen molar-refractivity contribution in [3.05, 3.63) is 28.2 Å². The predicted molar refractivity (Wildman–Crippen MR) is 67.1 cm³/mol. The summed E-state index contributed by atoms with van der Waals surface area (Å²) in [6.07, 6.45) is 0.961. The molecule has 0 aliphatic carbocycles. The van der Waals surface area contributed by atoms with Crippen LogP contribution in [0.5, 0.6) is 5.75 Å². The summed E-state index contributed by atoms with van der Waals surface area (Å²) < 4.78 is 0.999. The third kappa shape index (κ3) is 3.50. The Kier molecular flexibility index (Phi) is 4.61. The lowest BCUT2D eigenvalue weighted by molar-refractivity contribution is 0.424. The van der Waals surface area contributed by atoms with Gasteiger partial charge in [0.15, 0.2) is 0 Å². The predicted octanol–water partition coefficient (Wildman–Crippen LogP) is 3.60. The van der Waals surface area contributed by atoms with Crippen molar-refractivity contribution in [1.29, 1.82) is 0 Å². The molecule has 3 heteroatoms. The Morgan fingerprint density at radius 3 is 2.60 bits per heavy atom. The van der Waals surface area contributed by atoms with E-state index in [9.17, 15) is 5.11 Å². The number of hydrogen-bond acceptors (Lipinski definition) is 2. The van der Waals surface area contributed by atoms with E-state index in [2.05, 4.69) is 42.0 Å². The minimum absolute atomic E-state index is 0.211. The highest BCUT2D eigenvalue weighted by Crippen LogP contribution is 2.29. The zero-order valence-corrected chi connectivity index (χ0v) is 11.0. The van der Waals surface area contributed by atoms with Crippen molar-refractivity contribution in [3.63, 3.8) is 0 Å². The van der Waals surface area contributed by atoms with Crippen LogP contribution in [0.25, 0.3) is 0 Å². The van der Waals surface area contributed by atoms with Gasteiger partial charge in [0.25, 0.3) is 0 Å². The van der Waals surface area contributed by atoms with Crippen molar-refractivity contribution < 1.29 is 5.11 Å². The molecule has 0 saturated carbocycles. The molecule has 0 saturated heterocycles. The highest BCUT2D eigenvalue weighted by molar-refractivity contribution is 9.10. The van der Waals surface area contributed by atoms with Gasteiger partial charge in [-0.1, -0.05) is 36.7 Å². The van der Waals surface area contributed by atoms with E-state index in [4.69, 9.17) is 0 Å². The zero-order chi connectivity index (χ0) is 11.4. The van der Waals surface area contributed by atoms with Crippen LogP contribution in [0.15, 0.2) is 22.7 Å². The molecule has 0 aromatic heterocycles. The first-order valence-electron chi connectivity index (χ1n) is 5.29. The van der Waals surface area contributed by atoms with Crippen molar-refractivity contribution in [1.82, 2.24) is 5.32 Å². The smallest absolute Gasteiger partial charge is 0.120 e. The fourth-order valence-corrected chi connectivity index (χ4v) is 2.01. The van der Waals surface area contributed by atoms with Crippen molar-refractivity contribution in [2.75, 3.05) is 0 Å². The Bertz CT molecular complexity index is 325. The first kappa shape index (κ1) is 12.5. The van der Waals surface area contributed by atoms with Gasteiger partial charge in [-0.3, -0.25) is 0 Å². The maximum atomic E-state index is 9.79. The number of nitrogens with one attached hydrogen (secondary N) is 1. The zero-order valence-electron chi connectivity index (χ0n) is 9.42. The second-order valence-corrected chi connectivity index (χ2v) is 4.90. The number of rotatable bonds is 4. The number of phenols is 1. The maximum absolute atomic E-state index is 9.79. The van der Waals surface area contributed by atoms with Gasteiger partial charge in [-0.25, -0.2) is 0 Å². The molecule has 1 aromatic rings. The average Bonchev–Trinajstić information content (AvgIpc) is 2.18. The van der Waals surface area contributed by atoms with Crippen molar-refractivity contribution in [2.45, 2.75) is 39.3 Å².